The standard InChI is InChI=1S/C15H13F3N2O3/c1-7-11(19)10(16)13(20-12(7)14(21)22-2)8-3-5-9(6-4-8)23-15(17)18/h3-6,15H,1-2H3,(H2,19,20). The number of hydrogen-bond acceptors (Lipinski definition) is 5. The van der Waals surface area contributed by atoms with E-state index in [9.17, 15) is 18.0 Å². The Kier molecular flexibility index (Phi) is 4.73. The predicted molar refractivity (Wildman–Crippen MR) is 76.8 cm³/mol. The van der Waals surface area contributed by atoms with Crippen LogP contribution in [0.2, 0.25) is 0 Å². The summed E-state index contributed by atoms with van der Waals surface area (Å²) in [4.78, 5) is 15.6. The van der Waals surface area contributed by atoms with Crippen LogP contribution in [0.25, 0.3) is 11.3 Å². The van der Waals surface area contributed by atoms with E-state index < -0.39 is 18.4 Å². The zero-order valence-electron chi connectivity index (χ0n) is 12.3. The lowest BCUT2D eigenvalue weighted by molar-refractivity contribution is -0.0498. The smallest absolute Gasteiger partial charge is 0.387 e. The predicted octanol–water partition coefficient (Wildman–Crippen LogP) is 3.17. The molecule has 1 heterocycles. The summed E-state index contributed by atoms with van der Waals surface area (Å²) in [7, 11) is 1.17. The Hall–Kier alpha value is -2.77. The number of nitrogen functional groups attached to an aromatic ring is 1. The number of nitrogens with two attached hydrogens (primary N) is 1. The van der Waals surface area contributed by atoms with Crippen LogP contribution in [0.1, 0.15) is 16.1 Å². The van der Waals surface area contributed by atoms with Gasteiger partial charge >= 0.3 is 12.6 Å². The highest BCUT2D eigenvalue weighted by atomic mass is 19.3. The average molecular weight is 326 g/mol. The third-order valence-corrected chi connectivity index (χ3v) is 3.16. The monoisotopic (exact) mass is 326 g/mol. The summed E-state index contributed by atoms with van der Waals surface area (Å²) in [6.45, 7) is -1.52. The van der Waals surface area contributed by atoms with Crippen molar-refractivity contribution in [3.05, 3.63) is 41.3 Å². The Bertz CT molecular complexity index is 734. The van der Waals surface area contributed by atoms with Crippen molar-refractivity contribution in [2.24, 2.45) is 0 Å². The van der Waals surface area contributed by atoms with Crippen LogP contribution in [0, 0.1) is 12.7 Å². The van der Waals surface area contributed by atoms with Crippen LogP contribution in [0.3, 0.4) is 0 Å². The minimum Gasteiger partial charge on any atom is -0.464 e. The highest BCUT2D eigenvalue weighted by molar-refractivity contribution is 5.91. The average Bonchev–Trinajstić information content (AvgIpc) is 2.53. The molecule has 0 aliphatic carbocycles. The van der Waals surface area contributed by atoms with Gasteiger partial charge in [-0.05, 0) is 31.2 Å². The third-order valence-electron chi connectivity index (χ3n) is 3.16. The van der Waals surface area contributed by atoms with Crippen LogP contribution < -0.4 is 10.5 Å². The first-order chi connectivity index (χ1) is 10.8. The molecule has 0 aliphatic rings. The van der Waals surface area contributed by atoms with E-state index in [0.717, 1.165) is 0 Å². The molecule has 0 spiro atoms. The SMILES string of the molecule is COC(=O)c1nc(-c2ccc(OC(F)F)cc2)c(F)c(N)c1C. The molecule has 1 aromatic heterocycles. The van der Waals surface area contributed by atoms with Gasteiger partial charge in [0.05, 0.1) is 12.8 Å². The van der Waals surface area contributed by atoms with Gasteiger partial charge in [0.1, 0.15) is 11.4 Å². The Morgan fingerprint density at radius 1 is 1.26 bits per heavy atom. The molecule has 0 unspecified atom stereocenters. The van der Waals surface area contributed by atoms with Crippen LogP contribution in [-0.4, -0.2) is 24.7 Å². The van der Waals surface area contributed by atoms with Crippen molar-refractivity contribution >= 4 is 11.7 Å². The summed E-state index contributed by atoms with van der Waals surface area (Å²) in [5.74, 6) is -1.65. The molecule has 122 valence electrons. The number of anilines is 1. The molecule has 2 N–H and O–H groups in total. The van der Waals surface area contributed by atoms with Crippen molar-refractivity contribution in [1.82, 2.24) is 4.98 Å². The number of pyridine rings is 1. The Labute approximate surface area is 129 Å². The van der Waals surface area contributed by atoms with E-state index in [1.165, 1.54) is 38.3 Å². The van der Waals surface area contributed by atoms with E-state index in [1.807, 2.05) is 0 Å². The molecule has 0 radical (unpaired) electrons. The second kappa shape index (κ2) is 6.55. The fourth-order valence-electron chi connectivity index (χ4n) is 1.95. The Morgan fingerprint density at radius 3 is 2.39 bits per heavy atom. The second-order valence-electron chi connectivity index (χ2n) is 4.56. The molecule has 0 amide bonds. The number of nitrogens with zero attached hydrogens (tertiary/aromatic N) is 1. The van der Waals surface area contributed by atoms with Crippen LogP contribution in [-0.2, 0) is 4.74 Å². The molecular weight excluding hydrogens is 313 g/mol. The minimum atomic E-state index is -2.96. The van der Waals surface area contributed by atoms with Gasteiger partial charge in [0.15, 0.2) is 11.5 Å². The molecule has 23 heavy (non-hydrogen) atoms. The summed E-state index contributed by atoms with van der Waals surface area (Å²) in [6.07, 6.45) is 0. The van der Waals surface area contributed by atoms with Crippen LogP contribution in [0.5, 0.6) is 5.75 Å². The fraction of sp³-hybridized carbons (Fsp3) is 0.200. The molecule has 2 aromatic rings. The van der Waals surface area contributed by atoms with Gasteiger partial charge in [-0.1, -0.05) is 0 Å². The number of hydrogen-bond donors (Lipinski definition) is 1. The van der Waals surface area contributed by atoms with Gasteiger partial charge in [-0.2, -0.15) is 8.78 Å². The fourth-order valence-corrected chi connectivity index (χ4v) is 1.95. The second-order valence-corrected chi connectivity index (χ2v) is 4.56. The third kappa shape index (κ3) is 3.36. The molecule has 0 saturated heterocycles. The lowest BCUT2D eigenvalue weighted by atomic mass is 10.1. The number of esters is 1. The number of carbonyl (C=O) groups excluding carboxylic acids is 1. The molecular formula is C15H13F3N2O3. The number of benzene rings is 1. The number of rotatable bonds is 4. The molecule has 0 saturated carbocycles. The molecule has 0 bridgehead atoms. The van der Waals surface area contributed by atoms with Crippen molar-refractivity contribution in [1.29, 1.82) is 0 Å². The number of aromatic nitrogens is 1. The van der Waals surface area contributed by atoms with Crippen molar-refractivity contribution in [2.45, 2.75) is 13.5 Å². The van der Waals surface area contributed by atoms with Crippen molar-refractivity contribution in [2.75, 3.05) is 12.8 Å². The van der Waals surface area contributed by atoms with Crippen molar-refractivity contribution < 1.29 is 27.4 Å². The number of carbonyl (C=O) groups is 1. The Balaban J connectivity index is 2.50. The van der Waals surface area contributed by atoms with Crippen LogP contribution in [0.4, 0.5) is 18.9 Å². The van der Waals surface area contributed by atoms with E-state index in [0.29, 0.717) is 0 Å². The number of methoxy groups -OCH3 is 1. The van der Waals surface area contributed by atoms with Gasteiger partial charge in [-0.25, -0.2) is 14.2 Å². The van der Waals surface area contributed by atoms with Gasteiger partial charge in [-0.3, -0.25) is 0 Å². The zero-order valence-corrected chi connectivity index (χ0v) is 12.3. The molecule has 1 aromatic carbocycles. The highest BCUT2D eigenvalue weighted by Gasteiger charge is 2.21. The van der Waals surface area contributed by atoms with E-state index in [4.69, 9.17) is 5.73 Å². The first kappa shape index (κ1) is 16.6. The van der Waals surface area contributed by atoms with E-state index in [-0.39, 0.29) is 34.0 Å². The summed E-state index contributed by atoms with van der Waals surface area (Å²) in [5, 5.41) is 0. The number of ether oxygens (including phenoxy) is 2. The van der Waals surface area contributed by atoms with Gasteiger partial charge in [-0.15, -0.1) is 0 Å². The van der Waals surface area contributed by atoms with E-state index in [2.05, 4.69) is 14.5 Å². The normalized spacial score (nSPS) is 10.7. The van der Waals surface area contributed by atoms with Gasteiger partial charge < -0.3 is 15.2 Å². The summed E-state index contributed by atoms with van der Waals surface area (Å²) in [5.41, 5.74) is 5.54. The number of alkyl halides is 2. The molecule has 0 atom stereocenters. The minimum absolute atomic E-state index is 0.0857. The van der Waals surface area contributed by atoms with Crippen LogP contribution in [0.15, 0.2) is 24.3 Å². The summed E-state index contributed by atoms with van der Waals surface area (Å²) in [6, 6.07) is 5.13. The maximum atomic E-state index is 14.3. The van der Waals surface area contributed by atoms with Crippen molar-refractivity contribution in [3.8, 4) is 17.0 Å². The lowest BCUT2D eigenvalue weighted by Crippen LogP contribution is -2.12. The highest BCUT2D eigenvalue weighted by Crippen LogP contribution is 2.30. The summed E-state index contributed by atoms with van der Waals surface area (Å²) < 4.78 is 47.4. The first-order valence-electron chi connectivity index (χ1n) is 6.44. The first-order valence-corrected chi connectivity index (χ1v) is 6.44. The lowest BCUT2D eigenvalue weighted by Gasteiger charge is -2.12. The maximum absolute atomic E-state index is 14.3. The van der Waals surface area contributed by atoms with Gasteiger partial charge in [0, 0.05) is 11.1 Å². The summed E-state index contributed by atoms with van der Waals surface area (Å²) >= 11 is 0. The molecule has 0 fully saturated rings. The molecule has 0 aliphatic heterocycles. The van der Waals surface area contributed by atoms with Crippen molar-refractivity contribution in [3.63, 3.8) is 0 Å². The Morgan fingerprint density at radius 2 is 1.87 bits per heavy atom. The van der Waals surface area contributed by atoms with E-state index >= 15 is 0 Å². The van der Waals surface area contributed by atoms with Gasteiger partial charge in [0.25, 0.3) is 0 Å². The largest absolute Gasteiger partial charge is 0.464 e. The maximum Gasteiger partial charge on any atom is 0.387 e. The van der Waals surface area contributed by atoms with Gasteiger partial charge in [0.2, 0.25) is 0 Å². The molecule has 8 heteroatoms. The number of halogens is 3. The van der Waals surface area contributed by atoms with Crippen LogP contribution >= 0.6 is 0 Å². The zero-order chi connectivity index (χ0) is 17.1. The molecule has 5 nitrogen and oxygen atoms in total. The topological polar surface area (TPSA) is 74.4 Å². The molecule has 2 rings (SSSR count). The quantitative estimate of drug-likeness (QED) is 0.874. The van der Waals surface area contributed by atoms with E-state index in [1.54, 1.807) is 0 Å².